The third-order valence-corrected chi connectivity index (χ3v) is 13.1. The minimum absolute atomic E-state index is 0.220. The van der Waals surface area contributed by atoms with Gasteiger partial charge in [-0.2, -0.15) is 0 Å². The highest BCUT2D eigenvalue weighted by molar-refractivity contribution is 6.35. The molecule has 0 radical (unpaired) electrons. The van der Waals surface area contributed by atoms with Crippen LogP contribution >= 0.6 is 0 Å². The highest BCUT2D eigenvalue weighted by atomic mass is 15.1. The van der Waals surface area contributed by atoms with Gasteiger partial charge in [0.2, 0.25) is 0 Å². The molecule has 61 heavy (non-hydrogen) atoms. The van der Waals surface area contributed by atoms with Gasteiger partial charge < -0.3 is 19.0 Å². The molecule has 0 aliphatic heterocycles. The summed E-state index contributed by atoms with van der Waals surface area (Å²) in [6, 6.07) is 71.3. The maximum Gasteiger partial charge on any atom is 0.0926 e. The van der Waals surface area contributed by atoms with Crippen LogP contribution in [-0.2, 0) is 6.67 Å². The predicted molar refractivity (Wildman–Crippen MR) is 259 cm³/mol. The molecule has 0 spiro atoms. The Morgan fingerprint density at radius 1 is 0.459 bits per heavy atom. The molecule has 0 aliphatic carbocycles. The minimum atomic E-state index is 0.220. The van der Waals surface area contributed by atoms with E-state index in [1.807, 2.05) is 0 Å². The number of hydrogen-bond donors (Lipinski definition) is 1. The van der Waals surface area contributed by atoms with Gasteiger partial charge in [0.05, 0.1) is 34.3 Å². The Hall–Kier alpha value is -7.56. The van der Waals surface area contributed by atoms with Crippen LogP contribution in [0.5, 0.6) is 0 Å². The SMILES string of the molecule is CCCC(c1ccc2c(c1)c1ccccc1n2-c1ccccc1)c1ccccc1NCn1c2ccc3c(ccn3-c3ccccc3)c2c2c3ccccc3c3ccccc3c21. The van der Waals surface area contributed by atoms with Crippen LogP contribution in [0.25, 0.3) is 87.4 Å². The van der Waals surface area contributed by atoms with Crippen molar-refractivity contribution in [3.05, 3.63) is 211 Å². The van der Waals surface area contributed by atoms with Crippen molar-refractivity contribution in [1.82, 2.24) is 13.7 Å². The Labute approximate surface area is 354 Å². The Balaban J connectivity index is 1.02. The first kappa shape index (κ1) is 35.4. The molecular formula is C57H44N4. The number of hydrogen-bond acceptors (Lipinski definition) is 1. The van der Waals surface area contributed by atoms with Gasteiger partial charge in [0, 0.05) is 61.5 Å². The van der Waals surface area contributed by atoms with E-state index in [-0.39, 0.29) is 5.92 Å². The highest BCUT2D eigenvalue weighted by Gasteiger charge is 2.23. The zero-order valence-corrected chi connectivity index (χ0v) is 34.1. The van der Waals surface area contributed by atoms with Crippen LogP contribution < -0.4 is 5.32 Å². The molecule has 9 aromatic carbocycles. The molecule has 0 saturated heterocycles. The molecule has 0 aliphatic rings. The highest BCUT2D eigenvalue weighted by Crippen LogP contribution is 2.45. The maximum absolute atomic E-state index is 4.05. The smallest absolute Gasteiger partial charge is 0.0926 e. The van der Waals surface area contributed by atoms with Crippen molar-refractivity contribution in [2.45, 2.75) is 32.4 Å². The van der Waals surface area contributed by atoms with Gasteiger partial charge >= 0.3 is 0 Å². The molecule has 1 N–H and O–H groups in total. The quantitative estimate of drug-likeness (QED) is 0.145. The number of aromatic nitrogens is 3. The molecular weight excluding hydrogens is 741 g/mol. The van der Waals surface area contributed by atoms with E-state index >= 15 is 0 Å². The molecule has 3 heterocycles. The number of rotatable bonds is 9. The lowest BCUT2D eigenvalue weighted by molar-refractivity contribution is 0.698. The third kappa shape index (κ3) is 5.52. The number of nitrogens with one attached hydrogen (secondary N) is 1. The maximum atomic E-state index is 4.05. The Morgan fingerprint density at radius 2 is 1.07 bits per heavy atom. The van der Waals surface area contributed by atoms with E-state index in [1.54, 1.807) is 0 Å². The molecule has 1 atom stereocenters. The van der Waals surface area contributed by atoms with Gasteiger partial charge in [-0.1, -0.05) is 141 Å². The van der Waals surface area contributed by atoms with Crippen LogP contribution in [0.3, 0.4) is 0 Å². The molecule has 0 fully saturated rings. The summed E-state index contributed by atoms with van der Waals surface area (Å²) in [4.78, 5) is 0. The van der Waals surface area contributed by atoms with Crippen molar-refractivity contribution in [3.63, 3.8) is 0 Å². The van der Waals surface area contributed by atoms with E-state index in [1.165, 1.54) is 98.6 Å². The van der Waals surface area contributed by atoms with Gasteiger partial charge in [0.15, 0.2) is 0 Å². The summed E-state index contributed by atoms with van der Waals surface area (Å²) in [5, 5.41) is 15.6. The van der Waals surface area contributed by atoms with Crippen molar-refractivity contribution in [3.8, 4) is 11.4 Å². The molecule has 0 bridgehead atoms. The summed E-state index contributed by atoms with van der Waals surface area (Å²) < 4.78 is 7.26. The second-order valence-corrected chi connectivity index (χ2v) is 16.4. The van der Waals surface area contributed by atoms with Crippen LogP contribution in [0.4, 0.5) is 5.69 Å². The Morgan fingerprint density at radius 3 is 1.85 bits per heavy atom. The van der Waals surface area contributed by atoms with Gasteiger partial charge in [-0.3, -0.25) is 0 Å². The van der Waals surface area contributed by atoms with E-state index in [0.717, 1.165) is 18.5 Å². The van der Waals surface area contributed by atoms with Crippen LogP contribution in [0.2, 0.25) is 0 Å². The standard InChI is InChI=1S/C57H44N4/c1-2-17-41(38-30-31-53-49(36-38)45-25-14-16-29-52(45)61(53)40-20-7-4-8-21-40)44-24-13-15-28-50(44)58-37-60-54-33-32-51-48(34-35-59(51)39-18-5-3-6-19-39)55(54)56-46-26-11-9-22-42(46)43-23-10-12-27-47(43)57(56)60/h3-16,18-36,41,58H,2,17,37H2,1H3. The van der Waals surface area contributed by atoms with Crippen LogP contribution in [0.1, 0.15) is 36.8 Å². The summed E-state index contributed by atoms with van der Waals surface area (Å²) in [6.07, 6.45) is 4.35. The average molecular weight is 785 g/mol. The third-order valence-electron chi connectivity index (χ3n) is 13.1. The fourth-order valence-electron chi connectivity index (χ4n) is 10.4. The zero-order chi connectivity index (χ0) is 40.4. The molecule has 1 unspecified atom stereocenters. The molecule has 3 aromatic heterocycles. The molecule has 0 saturated carbocycles. The second-order valence-electron chi connectivity index (χ2n) is 16.4. The Bertz CT molecular complexity index is 3610. The lowest BCUT2D eigenvalue weighted by Gasteiger charge is -2.22. The Kier molecular flexibility index (Phi) is 8.31. The van der Waals surface area contributed by atoms with Gasteiger partial charge in [0.1, 0.15) is 0 Å². The van der Waals surface area contributed by atoms with Crippen molar-refractivity contribution in [2.75, 3.05) is 5.32 Å². The summed E-state index contributed by atoms with van der Waals surface area (Å²) in [7, 11) is 0. The number of anilines is 1. The van der Waals surface area contributed by atoms with E-state index in [0.29, 0.717) is 6.67 Å². The monoisotopic (exact) mass is 784 g/mol. The first-order valence-corrected chi connectivity index (χ1v) is 21.6. The molecule has 292 valence electrons. The van der Waals surface area contributed by atoms with E-state index in [2.05, 4.69) is 226 Å². The largest absolute Gasteiger partial charge is 0.367 e. The summed E-state index contributed by atoms with van der Waals surface area (Å²) in [5.41, 5.74) is 12.4. The van der Waals surface area contributed by atoms with E-state index < -0.39 is 0 Å². The average Bonchev–Trinajstić information content (AvgIpc) is 4.01. The molecule has 0 amide bonds. The van der Waals surface area contributed by atoms with E-state index in [9.17, 15) is 0 Å². The summed E-state index contributed by atoms with van der Waals surface area (Å²) in [5.74, 6) is 0.220. The zero-order valence-electron chi connectivity index (χ0n) is 34.1. The van der Waals surface area contributed by atoms with Crippen molar-refractivity contribution in [2.24, 2.45) is 0 Å². The van der Waals surface area contributed by atoms with Crippen molar-refractivity contribution < 1.29 is 0 Å². The summed E-state index contributed by atoms with van der Waals surface area (Å²) in [6.45, 7) is 2.93. The fraction of sp³-hybridized carbons (Fsp3) is 0.0877. The van der Waals surface area contributed by atoms with Gasteiger partial charge in [0.25, 0.3) is 0 Å². The normalized spacial score (nSPS) is 12.5. The molecule has 12 rings (SSSR count). The number of fused-ring (bicyclic) bond motifs is 13. The van der Waals surface area contributed by atoms with E-state index in [4.69, 9.17) is 0 Å². The molecule has 4 nitrogen and oxygen atoms in total. The van der Waals surface area contributed by atoms with Gasteiger partial charge in [-0.05, 0) is 100 Å². The van der Waals surface area contributed by atoms with Gasteiger partial charge in [-0.15, -0.1) is 0 Å². The fourth-order valence-corrected chi connectivity index (χ4v) is 10.4. The number of benzene rings is 9. The molecule has 12 aromatic rings. The van der Waals surface area contributed by atoms with Crippen molar-refractivity contribution in [1.29, 1.82) is 0 Å². The lowest BCUT2D eigenvalue weighted by atomic mass is 9.86. The predicted octanol–water partition coefficient (Wildman–Crippen LogP) is 15.1. The number of para-hydroxylation sites is 4. The summed E-state index contributed by atoms with van der Waals surface area (Å²) >= 11 is 0. The second kappa shape index (κ2) is 14.3. The lowest BCUT2D eigenvalue weighted by Crippen LogP contribution is -2.11. The molecule has 4 heteroatoms. The van der Waals surface area contributed by atoms with Crippen LogP contribution in [-0.4, -0.2) is 13.7 Å². The topological polar surface area (TPSA) is 26.8 Å². The van der Waals surface area contributed by atoms with Crippen LogP contribution in [0, 0.1) is 0 Å². The minimum Gasteiger partial charge on any atom is -0.367 e. The van der Waals surface area contributed by atoms with Crippen molar-refractivity contribution >= 4 is 81.7 Å². The first-order valence-electron chi connectivity index (χ1n) is 21.6. The van der Waals surface area contributed by atoms with Crippen LogP contribution in [0.15, 0.2) is 200 Å². The first-order chi connectivity index (χ1) is 30.3. The van der Waals surface area contributed by atoms with Gasteiger partial charge in [-0.25, -0.2) is 0 Å². The number of nitrogens with zero attached hydrogens (tertiary/aromatic N) is 3.